The second kappa shape index (κ2) is 7.06. The first kappa shape index (κ1) is 17.8. The Hall–Kier alpha value is -1.05. The quantitative estimate of drug-likeness (QED) is 0.771. The van der Waals surface area contributed by atoms with E-state index in [1.807, 2.05) is 0 Å². The van der Waals surface area contributed by atoms with Crippen LogP contribution < -0.4 is 4.74 Å². The van der Waals surface area contributed by atoms with E-state index in [-0.39, 0.29) is 22.6 Å². The third-order valence-corrected chi connectivity index (χ3v) is 6.51. The van der Waals surface area contributed by atoms with Crippen molar-refractivity contribution in [2.75, 3.05) is 13.1 Å². The lowest BCUT2D eigenvalue weighted by Crippen LogP contribution is -2.31. The highest BCUT2D eigenvalue weighted by Gasteiger charge is 2.35. The Morgan fingerprint density at radius 3 is 2.71 bits per heavy atom. The molecule has 9 heteroatoms. The molecule has 5 nitrogen and oxygen atoms in total. The van der Waals surface area contributed by atoms with Gasteiger partial charge in [0.25, 0.3) is 0 Å². The van der Waals surface area contributed by atoms with E-state index >= 15 is 0 Å². The molecule has 0 N–H and O–H groups in total. The molecule has 1 aliphatic heterocycles. The Bertz CT molecular complexity index is 861. The number of sulfonamides is 1. The van der Waals surface area contributed by atoms with Crippen LogP contribution in [-0.2, 0) is 10.0 Å². The summed E-state index contributed by atoms with van der Waals surface area (Å²) >= 11 is 17.9. The molecule has 1 aromatic heterocycles. The Balaban J connectivity index is 1.77. The molecule has 1 saturated heterocycles. The average Bonchev–Trinajstić information content (AvgIpc) is 3.01. The normalized spacial score (nSPS) is 18.7. The van der Waals surface area contributed by atoms with Crippen LogP contribution in [0.5, 0.6) is 5.75 Å². The van der Waals surface area contributed by atoms with Gasteiger partial charge in [0.1, 0.15) is 21.8 Å². The van der Waals surface area contributed by atoms with Crippen molar-refractivity contribution in [1.82, 2.24) is 9.29 Å². The molecule has 1 fully saturated rings. The second-order valence-corrected chi connectivity index (χ2v) is 8.43. The molecule has 1 atom stereocenters. The highest BCUT2D eigenvalue weighted by atomic mass is 35.5. The molecule has 0 bridgehead atoms. The first-order valence-corrected chi connectivity index (χ1v) is 9.66. The number of halogens is 3. The average molecular weight is 408 g/mol. The fourth-order valence-electron chi connectivity index (χ4n) is 2.46. The third kappa shape index (κ3) is 3.63. The highest BCUT2D eigenvalue weighted by Crippen LogP contribution is 2.31. The summed E-state index contributed by atoms with van der Waals surface area (Å²) in [4.78, 5) is 3.89. The highest BCUT2D eigenvalue weighted by molar-refractivity contribution is 7.89. The van der Waals surface area contributed by atoms with E-state index in [9.17, 15) is 8.42 Å². The van der Waals surface area contributed by atoms with Gasteiger partial charge in [-0.2, -0.15) is 4.31 Å². The Morgan fingerprint density at radius 1 is 1.17 bits per heavy atom. The lowest BCUT2D eigenvalue weighted by Gasteiger charge is -2.18. The minimum Gasteiger partial charge on any atom is -0.487 e. The van der Waals surface area contributed by atoms with E-state index in [2.05, 4.69) is 4.98 Å². The molecule has 0 aliphatic carbocycles. The van der Waals surface area contributed by atoms with Crippen LogP contribution in [0.15, 0.2) is 41.6 Å². The van der Waals surface area contributed by atoms with Gasteiger partial charge in [0.2, 0.25) is 10.0 Å². The monoisotopic (exact) mass is 406 g/mol. The van der Waals surface area contributed by atoms with Crippen molar-refractivity contribution in [2.24, 2.45) is 0 Å². The number of rotatable bonds is 4. The summed E-state index contributed by atoms with van der Waals surface area (Å²) in [6.45, 7) is 0.544. The van der Waals surface area contributed by atoms with Gasteiger partial charge in [-0.15, -0.1) is 0 Å². The van der Waals surface area contributed by atoms with Crippen LogP contribution in [0.3, 0.4) is 0 Å². The smallest absolute Gasteiger partial charge is 0.244 e. The third-order valence-electron chi connectivity index (χ3n) is 3.65. The summed E-state index contributed by atoms with van der Waals surface area (Å²) in [5.41, 5.74) is 0. The molecule has 1 aliphatic rings. The van der Waals surface area contributed by atoms with Gasteiger partial charge in [-0.05, 0) is 24.6 Å². The molecule has 2 heterocycles. The topological polar surface area (TPSA) is 59.5 Å². The largest absolute Gasteiger partial charge is 0.487 e. The van der Waals surface area contributed by atoms with E-state index < -0.39 is 10.0 Å². The van der Waals surface area contributed by atoms with Gasteiger partial charge in [-0.1, -0.05) is 34.8 Å². The maximum atomic E-state index is 12.8. The standard InChI is InChI=1S/C15H13Cl3N2O3S/c16-10-1-2-12(17)15(7-10)24(21,22)20-6-4-11(9-20)23-14-3-5-19-8-13(14)18/h1-3,5,7-8,11H,4,6,9H2/t11-/m0/s1. The molecule has 0 radical (unpaired) electrons. The molecular formula is C15H13Cl3N2O3S. The number of pyridine rings is 1. The van der Waals surface area contributed by atoms with Gasteiger partial charge in [0.05, 0.1) is 11.6 Å². The fraction of sp³-hybridized carbons (Fsp3) is 0.267. The van der Waals surface area contributed by atoms with Crippen LogP contribution in [0, 0.1) is 0 Å². The van der Waals surface area contributed by atoms with Gasteiger partial charge in [0.15, 0.2) is 0 Å². The van der Waals surface area contributed by atoms with Gasteiger partial charge >= 0.3 is 0 Å². The van der Waals surface area contributed by atoms with Gasteiger partial charge < -0.3 is 4.74 Å². The predicted octanol–water partition coefficient (Wildman–Crippen LogP) is 3.88. The van der Waals surface area contributed by atoms with Gasteiger partial charge in [-0.25, -0.2) is 8.42 Å². The molecule has 128 valence electrons. The first-order chi connectivity index (χ1) is 11.4. The molecule has 0 spiro atoms. The zero-order valence-corrected chi connectivity index (χ0v) is 15.4. The van der Waals surface area contributed by atoms with Crippen molar-refractivity contribution in [3.63, 3.8) is 0 Å². The summed E-state index contributed by atoms with van der Waals surface area (Å²) in [5.74, 6) is 0.483. The summed E-state index contributed by atoms with van der Waals surface area (Å²) in [7, 11) is -3.74. The van der Waals surface area contributed by atoms with Crippen LogP contribution in [0.1, 0.15) is 6.42 Å². The van der Waals surface area contributed by atoms with E-state index in [0.29, 0.717) is 28.8 Å². The lowest BCUT2D eigenvalue weighted by molar-refractivity contribution is 0.215. The Labute approximate surface area is 155 Å². The lowest BCUT2D eigenvalue weighted by atomic mass is 10.3. The van der Waals surface area contributed by atoms with Crippen LogP contribution in [0.2, 0.25) is 15.1 Å². The Morgan fingerprint density at radius 2 is 1.96 bits per heavy atom. The second-order valence-electron chi connectivity index (χ2n) is 5.27. The number of hydrogen-bond acceptors (Lipinski definition) is 4. The van der Waals surface area contributed by atoms with E-state index in [1.54, 1.807) is 18.3 Å². The summed E-state index contributed by atoms with van der Waals surface area (Å²) < 4.78 is 32.6. The number of nitrogens with zero attached hydrogens (tertiary/aromatic N) is 2. The molecule has 0 amide bonds. The summed E-state index contributed by atoms with van der Waals surface area (Å²) in [5, 5.41) is 0.839. The molecule has 0 unspecified atom stereocenters. The number of aromatic nitrogens is 1. The van der Waals surface area contributed by atoms with Crippen LogP contribution in [-0.4, -0.2) is 36.9 Å². The zero-order valence-electron chi connectivity index (χ0n) is 12.3. The van der Waals surface area contributed by atoms with Gasteiger partial charge in [0, 0.05) is 30.0 Å². The van der Waals surface area contributed by atoms with Crippen molar-refractivity contribution >= 4 is 44.8 Å². The SMILES string of the molecule is O=S(=O)(c1cc(Cl)ccc1Cl)N1CC[C@H](Oc2ccncc2Cl)C1. The first-order valence-electron chi connectivity index (χ1n) is 7.09. The molecule has 24 heavy (non-hydrogen) atoms. The molecule has 1 aromatic carbocycles. The van der Waals surface area contributed by atoms with E-state index in [1.165, 1.54) is 22.6 Å². The van der Waals surface area contributed by atoms with Crippen LogP contribution in [0.4, 0.5) is 0 Å². The summed E-state index contributed by atoms with van der Waals surface area (Å²) in [6, 6.07) is 6.02. The van der Waals surface area contributed by atoms with Crippen molar-refractivity contribution in [2.45, 2.75) is 17.4 Å². The molecule has 0 saturated carbocycles. The minimum absolute atomic E-state index is 0.000685. The summed E-state index contributed by atoms with van der Waals surface area (Å²) in [6.07, 6.45) is 3.30. The minimum atomic E-state index is -3.74. The van der Waals surface area contributed by atoms with E-state index in [0.717, 1.165) is 0 Å². The molecule has 2 aromatic rings. The maximum Gasteiger partial charge on any atom is 0.244 e. The molecule has 3 rings (SSSR count). The van der Waals surface area contributed by atoms with Crippen molar-refractivity contribution < 1.29 is 13.2 Å². The predicted molar refractivity (Wildman–Crippen MR) is 93.5 cm³/mol. The Kier molecular flexibility index (Phi) is 5.22. The van der Waals surface area contributed by atoms with Crippen molar-refractivity contribution in [1.29, 1.82) is 0 Å². The number of benzene rings is 1. The van der Waals surface area contributed by atoms with E-state index in [4.69, 9.17) is 39.5 Å². The maximum absolute atomic E-state index is 12.8. The molecular weight excluding hydrogens is 395 g/mol. The van der Waals surface area contributed by atoms with Crippen LogP contribution >= 0.6 is 34.8 Å². The fourth-order valence-corrected chi connectivity index (χ4v) is 4.85. The zero-order chi connectivity index (χ0) is 17.3. The number of hydrogen-bond donors (Lipinski definition) is 0. The van der Waals surface area contributed by atoms with Crippen molar-refractivity contribution in [3.05, 3.63) is 51.7 Å². The van der Waals surface area contributed by atoms with Crippen LogP contribution in [0.25, 0.3) is 0 Å². The van der Waals surface area contributed by atoms with Crippen molar-refractivity contribution in [3.8, 4) is 5.75 Å². The number of ether oxygens (including phenoxy) is 1. The van der Waals surface area contributed by atoms with Gasteiger partial charge in [-0.3, -0.25) is 4.98 Å².